The van der Waals surface area contributed by atoms with E-state index in [4.69, 9.17) is 28.7 Å². The van der Waals surface area contributed by atoms with Crippen molar-refractivity contribution in [2.24, 2.45) is 16.5 Å². The fourth-order valence-electron chi connectivity index (χ4n) is 0.847. The molecular formula is C8H10ClN5. The molecule has 0 heterocycles. The SMILES string of the molecule is N=C(N=C(N)N)N(Cl)c1ccccc1. The highest BCUT2D eigenvalue weighted by atomic mass is 35.5. The van der Waals surface area contributed by atoms with Gasteiger partial charge in [0.2, 0.25) is 5.96 Å². The largest absolute Gasteiger partial charge is 0.370 e. The van der Waals surface area contributed by atoms with Crippen LogP contribution in [0.1, 0.15) is 0 Å². The molecule has 0 unspecified atom stereocenters. The van der Waals surface area contributed by atoms with E-state index >= 15 is 0 Å². The van der Waals surface area contributed by atoms with Crippen LogP contribution in [0.4, 0.5) is 5.69 Å². The van der Waals surface area contributed by atoms with Crippen LogP contribution < -0.4 is 15.9 Å². The van der Waals surface area contributed by atoms with Crippen LogP contribution in [0, 0.1) is 5.41 Å². The van der Waals surface area contributed by atoms with Gasteiger partial charge < -0.3 is 11.5 Å². The van der Waals surface area contributed by atoms with E-state index in [0.717, 1.165) is 4.42 Å². The Hall–Kier alpha value is -1.75. The molecule has 5 nitrogen and oxygen atoms in total. The first kappa shape index (κ1) is 10.3. The minimum Gasteiger partial charge on any atom is -0.370 e. The number of guanidine groups is 2. The van der Waals surface area contributed by atoms with Crippen molar-refractivity contribution in [1.29, 1.82) is 5.41 Å². The number of aliphatic imine (C=N–C) groups is 1. The third-order valence-corrected chi connectivity index (χ3v) is 1.76. The Bertz CT molecular complexity index is 344. The molecule has 1 rings (SSSR count). The van der Waals surface area contributed by atoms with Crippen LogP contribution in [-0.2, 0) is 0 Å². The standard InChI is InChI=1S/C8H10ClN5/c9-14(8(12)13-7(10)11)6-4-2-1-3-5-6/h1-5H,(H5,10,11,12,13). The van der Waals surface area contributed by atoms with Crippen molar-refractivity contribution >= 4 is 29.4 Å². The summed E-state index contributed by atoms with van der Waals surface area (Å²) in [4.78, 5) is 3.50. The van der Waals surface area contributed by atoms with Gasteiger partial charge in [-0.15, -0.1) is 0 Å². The number of anilines is 1. The first-order valence-electron chi connectivity index (χ1n) is 3.80. The number of rotatable bonds is 1. The zero-order chi connectivity index (χ0) is 10.6. The lowest BCUT2D eigenvalue weighted by Crippen LogP contribution is -2.28. The van der Waals surface area contributed by atoms with E-state index < -0.39 is 0 Å². The summed E-state index contributed by atoms with van der Waals surface area (Å²) in [5.41, 5.74) is 10.9. The summed E-state index contributed by atoms with van der Waals surface area (Å²) < 4.78 is 1.06. The van der Waals surface area contributed by atoms with Gasteiger partial charge >= 0.3 is 0 Å². The third kappa shape index (κ3) is 2.63. The Labute approximate surface area is 86.6 Å². The molecule has 1 aromatic carbocycles. The van der Waals surface area contributed by atoms with Gasteiger partial charge in [-0.2, -0.15) is 4.99 Å². The molecule has 0 bridgehead atoms. The van der Waals surface area contributed by atoms with Crippen molar-refractivity contribution in [2.75, 3.05) is 4.42 Å². The van der Waals surface area contributed by atoms with Gasteiger partial charge in [0.25, 0.3) is 0 Å². The van der Waals surface area contributed by atoms with Gasteiger partial charge in [0.15, 0.2) is 5.96 Å². The smallest absolute Gasteiger partial charge is 0.240 e. The van der Waals surface area contributed by atoms with Crippen LogP contribution in [0.3, 0.4) is 0 Å². The second-order valence-corrected chi connectivity index (χ2v) is 2.81. The number of nitrogens with one attached hydrogen (secondary N) is 1. The van der Waals surface area contributed by atoms with E-state index in [1.165, 1.54) is 0 Å². The topological polar surface area (TPSA) is 91.5 Å². The Morgan fingerprint density at radius 3 is 2.36 bits per heavy atom. The zero-order valence-electron chi connectivity index (χ0n) is 7.31. The summed E-state index contributed by atoms with van der Waals surface area (Å²) in [5.74, 6) is -0.422. The van der Waals surface area contributed by atoms with Crippen LogP contribution in [0.25, 0.3) is 0 Å². The number of benzene rings is 1. The average molecular weight is 212 g/mol. The van der Waals surface area contributed by atoms with Crippen molar-refractivity contribution in [2.45, 2.75) is 0 Å². The normalized spacial score (nSPS) is 9.21. The molecule has 5 N–H and O–H groups in total. The van der Waals surface area contributed by atoms with Gasteiger partial charge in [0.1, 0.15) is 0 Å². The van der Waals surface area contributed by atoms with Crippen LogP contribution in [0.2, 0.25) is 0 Å². The van der Waals surface area contributed by atoms with Gasteiger partial charge in [-0.3, -0.25) is 5.41 Å². The second kappa shape index (κ2) is 4.48. The van der Waals surface area contributed by atoms with Gasteiger partial charge in [-0.1, -0.05) is 18.2 Å². The van der Waals surface area contributed by atoms with Crippen LogP contribution in [0.15, 0.2) is 35.3 Å². The molecular weight excluding hydrogens is 202 g/mol. The highest BCUT2D eigenvalue weighted by Gasteiger charge is 2.07. The lowest BCUT2D eigenvalue weighted by atomic mass is 10.3. The van der Waals surface area contributed by atoms with Crippen molar-refractivity contribution in [3.8, 4) is 0 Å². The summed E-state index contributed by atoms with van der Waals surface area (Å²) in [6, 6.07) is 8.92. The molecule has 0 spiro atoms. The monoisotopic (exact) mass is 211 g/mol. The van der Waals surface area contributed by atoms with Crippen LogP contribution >= 0.6 is 11.8 Å². The molecule has 0 atom stereocenters. The number of halogens is 1. The minimum absolute atomic E-state index is 0.198. The number of para-hydroxylation sites is 1. The molecule has 0 saturated heterocycles. The molecule has 0 aliphatic carbocycles. The lowest BCUT2D eigenvalue weighted by Gasteiger charge is -2.12. The van der Waals surface area contributed by atoms with Gasteiger partial charge in [-0.05, 0) is 12.1 Å². The molecule has 0 radical (unpaired) electrons. The Balaban J connectivity index is 2.81. The van der Waals surface area contributed by atoms with Crippen molar-refractivity contribution in [3.63, 3.8) is 0 Å². The fraction of sp³-hybridized carbons (Fsp3) is 0. The van der Waals surface area contributed by atoms with E-state index in [2.05, 4.69) is 4.99 Å². The second-order valence-electron chi connectivity index (χ2n) is 2.48. The van der Waals surface area contributed by atoms with Crippen molar-refractivity contribution in [1.82, 2.24) is 0 Å². The van der Waals surface area contributed by atoms with Crippen LogP contribution in [0.5, 0.6) is 0 Å². The Morgan fingerprint density at radius 1 is 1.29 bits per heavy atom. The summed E-state index contributed by atoms with van der Waals surface area (Å²) in [7, 11) is 0. The minimum atomic E-state index is -0.224. The molecule has 1 aromatic rings. The summed E-state index contributed by atoms with van der Waals surface area (Å²) in [6.07, 6.45) is 0. The predicted molar refractivity (Wildman–Crippen MR) is 58.3 cm³/mol. The van der Waals surface area contributed by atoms with E-state index in [1.54, 1.807) is 24.3 Å². The Kier molecular flexibility index (Phi) is 3.30. The molecule has 0 aliphatic rings. The predicted octanol–water partition coefficient (Wildman–Crippen LogP) is 0.855. The number of nitrogens with zero attached hydrogens (tertiary/aromatic N) is 2. The first-order valence-corrected chi connectivity index (χ1v) is 4.14. The maximum absolute atomic E-state index is 7.41. The summed E-state index contributed by atoms with van der Waals surface area (Å²) >= 11 is 5.79. The highest BCUT2D eigenvalue weighted by molar-refractivity contribution is 6.37. The molecule has 14 heavy (non-hydrogen) atoms. The summed E-state index contributed by atoms with van der Waals surface area (Å²) in [6.45, 7) is 0. The van der Waals surface area contributed by atoms with E-state index in [-0.39, 0.29) is 11.9 Å². The molecule has 0 saturated carbocycles. The van der Waals surface area contributed by atoms with Crippen molar-refractivity contribution in [3.05, 3.63) is 30.3 Å². The molecule has 74 valence electrons. The summed E-state index contributed by atoms with van der Waals surface area (Å²) in [5, 5.41) is 7.41. The molecule has 0 aromatic heterocycles. The van der Waals surface area contributed by atoms with E-state index in [9.17, 15) is 0 Å². The molecule has 0 aliphatic heterocycles. The molecule has 0 fully saturated rings. The van der Waals surface area contributed by atoms with Gasteiger partial charge in [0, 0.05) is 11.8 Å². The van der Waals surface area contributed by atoms with Crippen molar-refractivity contribution < 1.29 is 0 Å². The third-order valence-electron chi connectivity index (χ3n) is 1.40. The first-order chi connectivity index (χ1) is 6.61. The number of nitrogens with two attached hydrogens (primary N) is 2. The maximum atomic E-state index is 7.41. The average Bonchev–Trinajstić information content (AvgIpc) is 2.17. The van der Waals surface area contributed by atoms with Crippen LogP contribution in [-0.4, -0.2) is 11.9 Å². The van der Waals surface area contributed by atoms with Gasteiger partial charge in [-0.25, -0.2) is 4.42 Å². The van der Waals surface area contributed by atoms with Gasteiger partial charge in [0.05, 0.1) is 5.69 Å². The Morgan fingerprint density at radius 2 is 1.86 bits per heavy atom. The molecule has 6 heteroatoms. The maximum Gasteiger partial charge on any atom is 0.240 e. The number of hydrogen-bond acceptors (Lipinski definition) is 1. The highest BCUT2D eigenvalue weighted by Crippen LogP contribution is 2.15. The fourth-order valence-corrected chi connectivity index (χ4v) is 0.998. The quantitative estimate of drug-likeness (QED) is 0.365. The lowest BCUT2D eigenvalue weighted by molar-refractivity contribution is 1.31. The van der Waals surface area contributed by atoms with E-state index in [0.29, 0.717) is 5.69 Å². The number of hydrogen-bond donors (Lipinski definition) is 3. The van der Waals surface area contributed by atoms with E-state index in [1.807, 2.05) is 6.07 Å². The molecule has 0 amide bonds. The zero-order valence-corrected chi connectivity index (χ0v) is 8.07.